The van der Waals surface area contributed by atoms with E-state index in [2.05, 4.69) is 20.4 Å². The maximum Gasteiger partial charge on any atom is 0.0762 e. The van der Waals surface area contributed by atoms with Crippen molar-refractivity contribution >= 4 is 0 Å². The molecule has 56 valence electrons. The molecular formula is C9H14O. The third kappa shape index (κ3) is 1.29. The number of allylic oxidation sites excluding steroid dienone is 1. The van der Waals surface area contributed by atoms with Crippen molar-refractivity contribution in [3.63, 3.8) is 0 Å². The van der Waals surface area contributed by atoms with E-state index in [0.29, 0.717) is 6.10 Å². The van der Waals surface area contributed by atoms with Gasteiger partial charge in [0.15, 0.2) is 0 Å². The molecule has 0 aromatic carbocycles. The molecule has 10 heavy (non-hydrogen) atoms. The number of hydrogen-bond donors (Lipinski definition) is 0. The minimum atomic E-state index is 0.329. The summed E-state index contributed by atoms with van der Waals surface area (Å²) in [7, 11) is 0. The predicted octanol–water partition coefficient (Wildman–Crippen LogP) is 2.30. The lowest BCUT2D eigenvalue weighted by atomic mass is 10.1. The Morgan fingerprint density at radius 1 is 1.80 bits per heavy atom. The second-order valence-corrected chi connectivity index (χ2v) is 2.73. The summed E-state index contributed by atoms with van der Waals surface area (Å²) in [6.07, 6.45) is 3.24. The van der Waals surface area contributed by atoms with Crippen LogP contribution in [0.2, 0.25) is 0 Å². The van der Waals surface area contributed by atoms with Gasteiger partial charge < -0.3 is 4.74 Å². The van der Waals surface area contributed by atoms with Crippen molar-refractivity contribution in [3.8, 4) is 0 Å². The first kappa shape index (κ1) is 7.55. The van der Waals surface area contributed by atoms with E-state index in [1.165, 1.54) is 11.1 Å². The van der Waals surface area contributed by atoms with E-state index in [-0.39, 0.29) is 0 Å². The van der Waals surface area contributed by atoms with Crippen LogP contribution in [-0.4, -0.2) is 12.7 Å². The van der Waals surface area contributed by atoms with Gasteiger partial charge in [-0.25, -0.2) is 0 Å². The average Bonchev–Trinajstić information content (AvgIpc) is 2.20. The van der Waals surface area contributed by atoms with Gasteiger partial charge in [0.25, 0.3) is 0 Å². The topological polar surface area (TPSA) is 9.23 Å². The molecule has 0 aromatic heterocycles. The summed E-state index contributed by atoms with van der Waals surface area (Å²) < 4.78 is 5.41. The van der Waals surface area contributed by atoms with Gasteiger partial charge in [-0.2, -0.15) is 0 Å². The molecule has 1 unspecified atom stereocenters. The first-order valence-electron chi connectivity index (χ1n) is 3.66. The van der Waals surface area contributed by atoms with E-state index < -0.39 is 0 Å². The fourth-order valence-electron chi connectivity index (χ4n) is 1.15. The molecule has 0 aliphatic carbocycles. The Labute approximate surface area is 62.4 Å². The molecule has 0 saturated heterocycles. The molecule has 0 spiro atoms. The van der Waals surface area contributed by atoms with Gasteiger partial charge in [0, 0.05) is 0 Å². The van der Waals surface area contributed by atoms with Crippen molar-refractivity contribution in [2.75, 3.05) is 6.61 Å². The van der Waals surface area contributed by atoms with Crippen molar-refractivity contribution in [1.29, 1.82) is 0 Å². The Kier molecular flexibility index (Phi) is 2.28. The van der Waals surface area contributed by atoms with Crippen LogP contribution in [-0.2, 0) is 4.74 Å². The lowest BCUT2D eigenvalue weighted by molar-refractivity contribution is 0.133. The highest BCUT2D eigenvalue weighted by Gasteiger charge is 2.16. The molecule has 1 heterocycles. The SMILES string of the molecule is C=CCC1=C(C)C(C)OC1. The van der Waals surface area contributed by atoms with Crippen LogP contribution in [0.25, 0.3) is 0 Å². The summed E-state index contributed by atoms with van der Waals surface area (Å²) in [5.74, 6) is 0. The highest BCUT2D eigenvalue weighted by atomic mass is 16.5. The van der Waals surface area contributed by atoms with Crippen LogP contribution in [0, 0.1) is 0 Å². The van der Waals surface area contributed by atoms with E-state index >= 15 is 0 Å². The van der Waals surface area contributed by atoms with E-state index in [1.54, 1.807) is 0 Å². The van der Waals surface area contributed by atoms with E-state index in [1.807, 2.05) is 6.08 Å². The van der Waals surface area contributed by atoms with Crippen LogP contribution in [0.1, 0.15) is 20.3 Å². The monoisotopic (exact) mass is 138 g/mol. The molecule has 1 aliphatic heterocycles. The molecule has 1 rings (SSSR count). The zero-order valence-corrected chi connectivity index (χ0v) is 6.68. The van der Waals surface area contributed by atoms with Crippen LogP contribution in [0.15, 0.2) is 23.8 Å². The molecule has 1 atom stereocenters. The number of rotatable bonds is 2. The smallest absolute Gasteiger partial charge is 0.0762 e. The van der Waals surface area contributed by atoms with Crippen molar-refractivity contribution in [2.45, 2.75) is 26.4 Å². The van der Waals surface area contributed by atoms with E-state index in [4.69, 9.17) is 4.74 Å². The van der Waals surface area contributed by atoms with Gasteiger partial charge in [0.1, 0.15) is 0 Å². The van der Waals surface area contributed by atoms with Gasteiger partial charge >= 0.3 is 0 Å². The summed E-state index contributed by atoms with van der Waals surface area (Å²) >= 11 is 0. The van der Waals surface area contributed by atoms with Crippen molar-refractivity contribution in [2.24, 2.45) is 0 Å². The molecule has 0 N–H and O–H groups in total. The molecule has 0 bridgehead atoms. The Balaban J connectivity index is 2.64. The fourth-order valence-corrected chi connectivity index (χ4v) is 1.15. The lowest BCUT2D eigenvalue weighted by Crippen LogP contribution is -2.00. The Bertz CT molecular complexity index is 168. The second-order valence-electron chi connectivity index (χ2n) is 2.73. The van der Waals surface area contributed by atoms with Crippen LogP contribution in [0.4, 0.5) is 0 Å². The highest BCUT2D eigenvalue weighted by molar-refractivity contribution is 5.22. The molecule has 1 nitrogen and oxygen atoms in total. The predicted molar refractivity (Wildman–Crippen MR) is 42.9 cm³/mol. The van der Waals surface area contributed by atoms with Gasteiger partial charge in [0.2, 0.25) is 0 Å². The zero-order valence-electron chi connectivity index (χ0n) is 6.68. The third-order valence-corrected chi connectivity index (χ3v) is 2.07. The minimum Gasteiger partial charge on any atom is -0.370 e. The quantitative estimate of drug-likeness (QED) is 0.532. The molecule has 0 fully saturated rings. The average molecular weight is 138 g/mol. The summed E-state index contributed by atoms with van der Waals surface area (Å²) in [6.45, 7) is 8.72. The maximum atomic E-state index is 5.41. The molecule has 1 heteroatoms. The van der Waals surface area contributed by atoms with Gasteiger partial charge in [0.05, 0.1) is 12.7 Å². The van der Waals surface area contributed by atoms with Crippen LogP contribution in [0.5, 0.6) is 0 Å². The van der Waals surface area contributed by atoms with Crippen LogP contribution >= 0.6 is 0 Å². The standard InChI is InChI=1S/C9H14O/c1-4-5-9-6-10-8(3)7(9)2/h4,8H,1,5-6H2,2-3H3. The Hall–Kier alpha value is -0.560. The molecule has 1 aliphatic rings. The number of ether oxygens (including phenoxy) is 1. The normalized spacial score (nSPS) is 25.6. The second kappa shape index (κ2) is 3.02. The largest absolute Gasteiger partial charge is 0.370 e. The fraction of sp³-hybridized carbons (Fsp3) is 0.556. The first-order valence-corrected chi connectivity index (χ1v) is 3.66. The summed E-state index contributed by atoms with van der Waals surface area (Å²) in [5.41, 5.74) is 2.79. The molecule has 0 amide bonds. The van der Waals surface area contributed by atoms with E-state index in [9.17, 15) is 0 Å². The molecule has 0 saturated carbocycles. The van der Waals surface area contributed by atoms with Crippen LogP contribution < -0.4 is 0 Å². The van der Waals surface area contributed by atoms with Crippen LogP contribution in [0.3, 0.4) is 0 Å². The van der Waals surface area contributed by atoms with Crippen molar-refractivity contribution in [1.82, 2.24) is 0 Å². The summed E-state index contributed by atoms with van der Waals surface area (Å²) in [4.78, 5) is 0. The maximum absolute atomic E-state index is 5.41. The number of hydrogen-bond acceptors (Lipinski definition) is 1. The summed E-state index contributed by atoms with van der Waals surface area (Å²) in [5, 5.41) is 0. The minimum absolute atomic E-state index is 0.329. The van der Waals surface area contributed by atoms with E-state index in [0.717, 1.165) is 13.0 Å². The first-order chi connectivity index (χ1) is 4.75. The summed E-state index contributed by atoms with van der Waals surface area (Å²) in [6, 6.07) is 0. The Morgan fingerprint density at radius 3 is 2.90 bits per heavy atom. The van der Waals surface area contributed by atoms with Gasteiger partial charge in [-0.05, 0) is 31.4 Å². The van der Waals surface area contributed by atoms with Crippen molar-refractivity contribution < 1.29 is 4.74 Å². The van der Waals surface area contributed by atoms with Gasteiger partial charge in [-0.3, -0.25) is 0 Å². The third-order valence-electron chi connectivity index (χ3n) is 2.07. The molecule has 0 radical (unpaired) electrons. The van der Waals surface area contributed by atoms with Gasteiger partial charge in [-0.15, -0.1) is 6.58 Å². The van der Waals surface area contributed by atoms with Crippen molar-refractivity contribution in [3.05, 3.63) is 23.8 Å². The molecule has 0 aromatic rings. The lowest BCUT2D eigenvalue weighted by Gasteiger charge is -2.01. The Morgan fingerprint density at radius 2 is 2.50 bits per heavy atom. The molecular weight excluding hydrogens is 124 g/mol. The van der Waals surface area contributed by atoms with Gasteiger partial charge in [-0.1, -0.05) is 6.08 Å². The zero-order chi connectivity index (χ0) is 7.56. The highest BCUT2D eigenvalue weighted by Crippen LogP contribution is 2.22.